The molecule has 2 N–H and O–H groups in total. The van der Waals surface area contributed by atoms with Crippen LogP contribution in [0.3, 0.4) is 0 Å². The van der Waals surface area contributed by atoms with Gasteiger partial charge in [-0.05, 0) is 46.8 Å². The maximum Gasteiger partial charge on any atom is 0.0701 e. The minimum atomic E-state index is -0.277. The van der Waals surface area contributed by atoms with Gasteiger partial charge in [0.2, 0.25) is 0 Å². The van der Waals surface area contributed by atoms with Crippen molar-refractivity contribution in [3.05, 3.63) is 20.8 Å². The van der Waals surface area contributed by atoms with Gasteiger partial charge in [0.25, 0.3) is 0 Å². The average Bonchev–Trinajstić information content (AvgIpc) is 2.58. The zero-order chi connectivity index (χ0) is 13.1. The first kappa shape index (κ1) is 15.2. The molecule has 0 aliphatic carbocycles. The number of halogens is 1. The van der Waals surface area contributed by atoms with Gasteiger partial charge in [0.15, 0.2) is 0 Å². The van der Waals surface area contributed by atoms with E-state index in [1.54, 1.807) is 11.3 Å². The largest absolute Gasteiger partial charge is 0.392 e. The Labute approximate surface area is 117 Å². The molecule has 0 aliphatic heterocycles. The van der Waals surface area contributed by atoms with Crippen LogP contribution >= 0.6 is 27.3 Å². The zero-order valence-electron chi connectivity index (χ0n) is 11.0. The van der Waals surface area contributed by atoms with Crippen LogP contribution in [0.2, 0.25) is 0 Å². The molecule has 1 aromatic rings. The Morgan fingerprint density at radius 2 is 2.06 bits per heavy atom. The van der Waals surface area contributed by atoms with Crippen molar-refractivity contribution >= 4 is 27.3 Å². The first-order valence-corrected chi connectivity index (χ1v) is 7.55. The molecule has 0 saturated heterocycles. The van der Waals surface area contributed by atoms with Crippen molar-refractivity contribution in [2.24, 2.45) is 5.41 Å². The highest BCUT2D eigenvalue weighted by Crippen LogP contribution is 2.27. The topological polar surface area (TPSA) is 32.3 Å². The highest BCUT2D eigenvalue weighted by atomic mass is 79.9. The van der Waals surface area contributed by atoms with Gasteiger partial charge in [0.05, 0.1) is 9.89 Å². The van der Waals surface area contributed by atoms with Gasteiger partial charge in [-0.1, -0.05) is 20.8 Å². The van der Waals surface area contributed by atoms with Gasteiger partial charge in [-0.2, -0.15) is 0 Å². The lowest BCUT2D eigenvalue weighted by Gasteiger charge is -2.23. The summed E-state index contributed by atoms with van der Waals surface area (Å²) in [7, 11) is 0. The van der Waals surface area contributed by atoms with Crippen molar-refractivity contribution in [1.29, 1.82) is 0 Å². The molecule has 0 amide bonds. The Morgan fingerprint density at radius 3 is 2.53 bits per heavy atom. The van der Waals surface area contributed by atoms with Crippen molar-refractivity contribution in [2.45, 2.75) is 46.3 Å². The Morgan fingerprint density at radius 1 is 1.41 bits per heavy atom. The highest BCUT2D eigenvalue weighted by molar-refractivity contribution is 9.11. The van der Waals surface area contributed by atoms with Crippen molar-refractivity contribution in [3.63, 3.8) is 0 Å². The summed E-state index contributed by atoms with van der Waals surface area (Å²) in [5.74, 6) is 0. The standard InChI is InChI=1S/C13H22BrNOS/c1-9(11-5-6-12(14)17-11)15-8-10(16)7-13(2,3)4/h5-6,9-10,15-16H,7-8H2,1-4H3. The number of nitrogens with one attached hydrogen (secondary N) is 1. The number of thiophene rings is 1. The summed E-state index contributed by atoms with van der Waals surface area (Å²) in [4.78, 5) is 1.29. The molecule has 0 saturated carbocycles. The van der Waals surface area contributed by atoms with E-state index in [0.29, 0.717) is 12.6 Å². The quantitative estimate of drug-likeness (QED) is 0.861. The van der Waals surface area contributed by atoms with Crippen LogP contribution in [0.4, 0.5) is 0 Å². The number of aliphatic hydroxyl groups excluding tert-OH is 1. The third-order valence-electron chi connectivity index (χ3n) is 2.53. The van der Waals surface area contributed by atoms with Gasteiger partial charge in [-0.3, -0.25) is 0 Å². The summed E-state index contributed by atoms with van der Waals surface area (Å²) >= 11 is 5.19. The number of rotatable bonds is 5. The molecule has 2 unspecified atom stereocenters. The Bertz CT molecular complexity index is 345. The summed E-state index contributed by atoms with van der Waals surface area (Å²) in [6.45, 7) is 9.22. The molecular weight excluding hydrogens is 298 g/mol. The Balaban J connectivity index is 2.35. The van der Waals surface area contributed by atoms with Crippen LogP contribution < -0.4 is 5.32 Å². The predicted octanol–water partition coefficient (Wildman–Crippen LogP) is 3.96. The van der Waals surface area contributed by atoms with Gasteiger partial charge in [-0.15, -0.1) is 11.3 Å². The Hall–Kier alpha value is 0.1000. The highest BCUT2D eigenvalue weighted by Gasteiger charge is 2.17. The molecule has 1 aromatic heterocycles. The second-order valence-electron chi connectivity index (χ2n) is 5.69. The predicted molar refractivity (Wildman–Crippen MR) is 78.5 cm³/mol. The number of hydrogen-bond donors (Lipinski definition) is 2. The van der Waals surface area contributed by atoms with E-state index in [9.17, 15) is 5.11 Å². The summed E-state index contributed by atoms with van der Waals surface area (Å²) in [5, 5.41) is 13.3. The average molecular weight is 320 g/mol. The van der Waals surface area contributed by atoms with E-state index in [1.807, 2.05) is 0 Å². The summed E-state index contributed by atoms with van der Waals surface area (Å²) < 4.78 is 1.15. The fraction of sp³-hybridized carbons (Fsp3) is 0.692. The molecule has 0 fully saturated rings. The minimum absolute atomic E-state index is 0.177. The van der Waals surface area contributed by atoms with Gasteiger partial charge in [-0.25, -0.2) is 0 Å². The molecule has 1 heterocycles. The second-order valence-corrected chi connectivity index (χ2v) is 8.19. The van der Waals surface area contributed by atoms with E-state index < -0.39 is 0 Å². The monoisotopic (exact) mass is 319 g/mol. The SMILES string of the molecule is CC(NCC(O)CC(C)(C)C)c1ccc(Br)s1. The maximum atomic E-state index is 9.92. The zero-order valence-corrected chi connectivity index (χ0v) is 13.4. The molecule has 2 atom stereocenters. The molecular formula is C13H22BrNOS. The van der Waals surface area contributed by atoms with Crippen LogP contribution in [-0.2, 0) is 0 Å². The normalized spacial score (nSPS) is 15.9. The van der Waals surface area contributed by atoms with E-state index in [2.05, 4.69) is 61.1 Å². The van der Waals surface area contributed by atoms with Crippen molar-refractivity contribution in [1.82, 2.24) is 5.32 Å². The van der Waals surface area contributed by atoms with Crippen LogP contribution in [0.15, 0.2) is 15.9 Å². The number of aliphatic hydroxyl groups is 1. The van der Waals surface area contributed by atoms with Crippen LogP contribution in [0.5, 0.6) is 0 Å². The minimum Gasteiger partial charge on any atom is -0.392 e. The molecule has 4 heteroatoms. The molecule has 17 heavy (non-hydrogen) atoms. The smallest absolute Gasteiger partial charge is 0.0701 e. The summed E-state index contributed by atoms with van der Waals surface area (Å²) in [6, 6.07) is 4.47. The van der Waals surface area contributed by atoms with Gasteiger partial charge >= 0.3 is 0 Å². The molecule has 0 aliphatic rings. The number of hydrogen-bond acceptors (Lipinski definition) is 3. The van der Waals surface area contributed by atoms with Gasteiger partial charge in [0, 0.05) is 17.5 Å². The fourth-order valence-electron chi connectivity index (χ4n) is 1.75. The lowest BCUT2D eigenvalue weighted by molar-refractivity contribution is 0.117. The molecule has 0 spiro atoms. The van der Waals surface area contributed by atoms with Crippen molar-refractivity contribution in [2.75, 3.05) is 6.54 Å². The van der Waals surface area contributed by atoms with Gasteiger partial charge < -0.3 is 10.4 Å². The molecule has 98 valence electrons. The fourth-order valence-corrected chi connectivity index (χ4v) is 3.20. The van der Waals surface area contributed by atoms with E-state index in [1.165, 1.54) is 4.88 Å². The maximum absolute atomic E-state index is 9.92. The van der Waals surface area contributed by atoms with Crippen LogP contribution in [-0.4, -0.2) is 17.8 Å². The molecule has 2 nitrogen and oxygen atoms in total. The first-order valence-electron chi connectivity index (χ1n) is 5.94. The van der Waals surface area contributed by atoms with Crippen LogP contribution in [0.25, 0.3) is 0 Å². The molecule has 0 aromatic carbocycles. The molecule has 0 bridgehead atoms. The van der Waals surface area contributed by atoms with Crippen molar-refractivity contribution < 1.29 is 5.11 Å². The second kappa shape index (κ2) is 6.32. The van der Waals surface area contributed by atoms with Crippen LogP contribution in [0, 0.1) is 5.41 Å². The third kappa shape index (κ3) is 6.00. The Kier molecular flexibility index (Phi) is 5.64. The summed E-state index contributed by atoms with van der Waals surface area (Å²) in [5.41, 5.74) is 0.177. The van der Waals surface area contributed by atoms with E-state index in [0.717, 1.165) is 10.2 Å². The van der Waals surface area contributed by atoms with E-state index in [-0.39, 0.29) is 11.5 Å². The van der Waals surface area contributed by atoms with Crippen molar-refractivity contribution in [3.8, 4) is 0 Å². The molecule has 0 radical (unpaired) electrons. The van der Waals surface area contributed by atoms with Gasteiger partial charge in [0.1, 0.15) is 0 Å². The first-order chi connectivity index (χ1) is 7.78. The van der Waals surface area contributed by atoms with Crippen LogP contribution in [0.1, 0.15) is 45.0 Å². The molecule has 1 rings (SSSR count). The lowest BCUT2D eigenvalue weighted by Crippen LogP contribution is -2.31. The van der Waals surface area contributed by atoms with E-state index in [4.69, 9.17) is 0 Å². The third-order valence-corrected chi connectivity index (χ3v) is 4.33. The lowest BCUT2D eigenvalue weighted by atomic mass is 9.89. The van der Waals surface area contributed by atoms with E-state index >= 15 is 0 Å². The summed E-state index contributed by atoms with van der Waals surface area (Å²) in [6.07, 6.45) is 0.543.